The number of rotatable bonds is 6. The molecular formula is C23H25N5O3S. The highest BCUT2D eigenvalue weighted by molar-refractivity contribution is 7.08. The van der Waals surface area contributed by atoms with E-state index in [4.69, 9.17) is 11.5 Å². The number of hydrogen-bond donors (Lipinski definition) is 2. The maximum atomic E-state index is 13.7. The number of thiophene rings is 1. The number of amides is 3. The Balaban J connectivity index is 1.70. The summed E-state index contributed by atoms with van der Waals surface area (Å²) in [4.78, 5) is 45.5. The number of fused-ring (bicyclic) bond motifs is 1. The minimum atomic E-state index is -0.836. The number of anilines is 1. The summed E-state index contributed by atoms with van der Waals surface area (Å²) < 4.78 is 0. The van der Waals surface area contributed by atoms with Gasteiger partial charge in [-0.2, -0.15) is 11.3 Å². The van der Waals surface area contributed by atoms with Crippen molar-refractivity contribution in [2.24, 2.45) is 5.73 Å². The van der Waals surface area contributed by atoms with Crippen LogP contribution < -0.4 is 11.5 Å². The molecule has 32 heavy (non-hydrogen) atoms. The molecule has 1 aliphatic heterocycles. The van der Waals surface area contributed by atoms with Crippen molar-refractivity contribution in [3.8, 4) is 0 Å². The second-order valence-electron chi connectivity index (χ2n) is 7.95. The molecule has 1 aromatic carbocycles. The first-order valence-electron chi connectivity index (χ1n) is 10.4. The predicted octanol–water partition coefficient (Wildman–Crippen LogP) is 2.44. The number of carbonyl (C=O) groups is 3. The molecule has 3 amide bonds. The summed E-state index contributed by atoms with van der Waals surface area (Å²) in [6.45, 7) is 2.13. The van der Waals surface area contributed by atoms with E-state index in [1.807, 2.05) is 41.1 Å². The van der Waals surface area contributed by atoms with Crippen molar-refractivity contribution in [3.63, 3.8) is 0 Å². The number of pyridine rings is 1. The molecular weight excluding hydrogens is 426 g/mol. The normalized spacial score (nSPS) is 16.8. The van der Waals surface area contributed by atoms with Gasteiger partial charge in [0.05, 0.1) is 0 Å². The molecule has 0 saturated carbocycles. The molecule has 2 aromatic heterocycles. The van der Waals surface area contributed by atoms with Gasteiger partial charge in [0.15, 0.2) is 0 Å². The highest BCUT2D eigenvalue weighted by Crippen LogP contribution is 2.31. The summed E-state index contributed by atoms with van der Waals surface area (Å²) in [5.41, 5.74) is 13.1. The third kappa shape index (κ3) is 4.16. The Bertz CT molecular complexity index is 1160. The number of nitrogens with two attached hydrogens (primary N) is 2. The largest absolute Gasteiger partial charge is 0.383 e. The molecule has 1 unspecified atom stereocenters. The number of aromatic nitrogens is 1. The second-order valence-corrected chi connectivity index (χ2v) is 8.73. The first-order chi connectivity index (χ1) is 15.4. The third-order valence-corrected chi connectivity index (χ3v) is 6.59. The highest BCUT2D eigenvalue weighted by Gasteiger charge is 2.40. The van der Waals surface area contributed by atoms with Crippen molar-refractivity contribution in [2.75, 3.05) is 12.3 Å². The average molecular weight is 452 g/mol. The highest BCUT2D eigenvalue weighted by atomic mass is 32.1. The lowest BCUT2D eigenvalue weighted by molar-refractivity contribution is -0.148. The van der Waals surface area contributed by atoms with Crippen LogP contribution in [0.4, 0.5) is 5.82 Å². The minimum absolute atomic E-state index is 0.231. The van der Waals surface area contributed by atoms with Crippen molar-refractivity contribution in [2.45, 2.75) is 38.4 Å². The first kappa shape index (κ1) is 21.8. The van der Waals surface area contributed by atoms with Crippen LogP contribution in [0.3, 0.4) is 0 Å². The summed E-state index contributed by atoms with van der Waals surface area (Å²) in [5, 5.41) is 5.47. The van der Waals surface area contributed by atoms with E-state index in [9.17, 15) is 14.4 Å². The monoisotopic (exact) mass is 451 g/mol. The fourth-order valence-corrected chi connectivity index (χ4v) is 4.98. The van der Waals surface area contributed by atoms with E-state index in [0.29, 0.717) is 25.2 Å². The van der Waals surface area contributed by atoms with E-state index in [2.05, 4.69) is 4.98 Å². The first-order valence-corrected chi connectivity index (χ1v) is 11.3. The second kappa shape index (κ2) is 8.96. The van der Waals surface area contributed by atoms with E-state index in [-0.39, 0.29) is 18.4 Å². The molecule has 4 N–H and O–H groups in total. The fraction of sp³-hybridized carbons (Fsp3) is 0.304. The van der Waals surface area contributed by atoms with Crippen molar-refractivity contribution in [1.29, 1.82) is 0 Å². The minimum Gasteiger partial charge on any atom is -0.383 e. The van der Waals surface area contributed by atoms with Crippen LogP contribution in [-0.2, 0) is 20.9 Å². The number of likely N-dealkylation sites (tertiary alicyclic amines) is 1. The molecule has 1 aliphatic rings. The Morgan fingerprint density at radius 2 is 2.09 bits per heavy atom. The predicted molar refractivity (Wildman–Crippen MR) is 123 cm³/mol. The molecule has 4 rings (SSSR count). The Labute approximate surface area is 189 Å². The van der Waals surface area contributed by atoms with Crippen molar-refractivity contribution < 1.29 is 14.4 Å². The summed E-state index contributed by atoms with van der Waals surface area (Å²) >= 11 is 1.45. The molecule has 1 saturated heterocycles. The lowest BCUT2D eigenvalue weighted by atomic mass is 10.0. The van der Waals surface area contributed by atoms with Crippen LogP contribution >= 0.6 is 11.3 Å². The number of nitrogens with zero attached hydrogens (tertiary/aromatic N) is 3. The molecule has 1 fully saturated rings. The summed E-state index contributed by atoms with van der Waals surface area (Å²) in [6, 6.07) is 7.91. The maximum absolute atomic E-state index is 13.7. The number of carbonyl (C=O) groups excluding carboxylic acids is 3. The van der Waals surface area contributed by atoms with Gasteiger partial charge in [0, 0.05) is 31.6 Å². The van der Waals surface area contributed by atoms with Gasteiger partial charge >= 0.3 is 0 Å². The van der Waals surface area contributed by atoms with E-state index in [1.165, 1.54) is 23.2 Å². The quantitative estimate of drug-likeness (QED) is 0.596. The fourth-order valence-electron chi connectivity index (χ4n) is 4.30. The Morgan fingerprint density at radius 1 is 1.28 bits per heavy atom. The van der Waals surface area contributed by atoms with Gasteiger partial charge < -0.3 is 21.3 Å². The molecule has 3 heterocycles. The zero-order chi connectivity index (χ0) is 22.8. The molecule has 0 radical (unpaired) electrons. The zero-order valence-electron chi connectivity index (χ0n) is 17.7. The van der Waals surface area contributed by atoms with Crippen LogP contribution in [-0.4, -0.2) is 45.1 Å². The Morgan fingerprint density at radius 3 is 2.78 bits per heavy atom. The van der Waals surface area contributed by atoms with Crippen LogP contribution in [0.15, 0.2) is 47.3 Å². The molecule has 9 heteroatoms. The van der Waals surface area contributed by atoms with E-state index in [1.54, 1.807) is 11.1 Å². The topological polar surface area (TPSA) is 123 Å². The molecule has 3 aromatic rings. The lowest BCUT2D eigenvalue weighted by Crippen LogP contribution is -2.49. The molecule has 0 spiro atoms. The molecule has 2 atom stereocenters. The van der Waals surface area contributed by atoms with E-state index in [0.717, 1.165) is 21.9 Å². The van der Waals surface area contributed by atoms with Crippen molar-refractivity contribution in [3.05, 3.63) is 58.4 Å². The van der Waals surface area contributed by atoms with Crippen LogP contribution in [0, 0.1) is 0 Å². The summed E-state index contributed by atoms with van der Waals surface area (Å²) in [5.74, 6) is -0.599. The number of benzene rings is 1. The van der Waals surface area contributed by atoms with Crippen molar-refractivity contribution in [1.82, 2.24) is 14.8 Å². The van der Waals surface area contributed by atoms with Gasteiger partial charge in [-0.15, -0.1) is 0 Å². The smallest absolute Gasteiger partial charge is 0.250 e. The standard InChI is InChI=1S/C23H25N5O3S/c1-14(29)28(12-15-4-5-18-16(11-15)6-8-26-21(18)24)20(17-7-10-32-13-17)23(31)27-9-2-3-19(27)22(25)30/h4-8,10-11,13,19-20H,2-3,9,12H2,1H3,(H2,24,26)(H2,25,30)/t19-,20?/m0/s1. The summed E-state index contributed by atoms with van der Waals surface area (Å²) in [6.07, 6.45) is 2.88. The van der Waals surface area contributed by atoms with Crippen LogP contribution in [0.25, 0.3) is 10.8 Å². The maximum Gasteiger partial charge on any atom is 0.250 e. The molecule has 0 bridgehead atoms. The number of hydrogen-bond acceptors (Lipinski definition) is 6. The Hall–Kier alpha value is -3.46. The molecule has 166 valence electrons. The number of primary amides is 1. The molecule has 8 nitrogen and oxygen atoms in total. The lowest BCUT2D eigenvalue weighted by Gasteiger charge is -2.34. The summed E-state index contributed by atoms with van der Waals surface area (Å²) in [7, 11) is 0. The van der Waals surface area contributed by atoms with E-state index < -0.39 is 18.0 Å². The number of nitrogen functional groups attached to an aromatic ring is 1. The Kier molecular flexibility index (Phi) is 6.09. The van der Waals surface area contributed by atoms with Gasteiger partial charge in [-0.05, 0) is 58.3 Å². The van der Waals surface area contributed by atoms with Crippen LogP contribution in [0.5, 0.6) is 0 Å². The average Bonchev–Trinajstić information content (AvgIpc) is 3.45. The van der Waals surface area contributed by atoms with Crippen LogP contribution in [0.1, 0.15) is 36.9 Å². The van der Waals surface area contributed by atoms with Crippen molar-refractivity contribution >= 4 is 45.6 Å². The third-order valence-electron chi connectivity index (χ3n) is 5.89. The van der Waals surface area contributed by atoms with Gasteiger partial charge in [0.1, 0.15) is 17.9 Å². The van der Waals surface area contributed by atoms with Gasteiger partial charge in [0.25, 0.3) is 5.91 Å². The molecule has 0 aliphatic carbocycles. The van der Waals surface area contributed by atoms with Gasteiger partial charge in [-0.25, -0.2) is 4.98 Å². The van der Waals surface area contributed by atoms with Gasteiger partial charge in [-0.3, -0.25) is 14.4 Å². The van der Waals surface area contributed by atoms with Gasteiger partial charge in [0.2, 0.25) is 11.8 Å². The zero-order valence-corrected chi connectivity index (χ0v) is 18.5. The van der Waals surface area contributed by atoms with Gasteiger partial charge in [-0.1, -0.05) is 12.1 Å². The van der Waals surface area contributed by atoms with E-state index >= 15 is 0 Å². The SMILES string of the molecule is CC(=O)N(Cc1ccc2c(N)nccc2c1)C(C(=O)N1CCC[C@H]1C(N)=O)c1ccsc1. The van der Waals surface area contributed by atoms with Crippen LogP contribution in [0.2, 0.25) is 0 Å².